The van der Waals surface area contributed by atoms with Gasteiger partial charge in [-0.2, -0.15) is 13.2 Å². The van der Waals surface area contributed by atoms with Crippen LogP contribution >= 0.6 is 0 Å². The normalized spacial score (nSPS) is 11.1. The van der Waals surface area contributed by atoms with Crippen LogP contribution in [-0.2, 0) is 24.4 Å². The second-order valence-electron chi connectivity index (χ2n) is 6.78. The molecule has 0 atom stereocenters. The van der Waals surface area contributed by atoms with E-state index < -0.39 is 12.1 Å². The number of rotatable bonds is 6. The number of nitrogens with two attached hydrogens (primary N) is 1. The number of carboxylic acid groups (broad SMARTS) is 1. The number of benzene rings is 1. The van der Waals surface area contributed by atoms with Gasteiger partial charge in [-0.15, -0.1) is 0 Å². The van der Waals surface area contributed by atoms with Crippen LogP contribution in [0.1, 0.15) is 17.0 Å². The van der Waals surface area contributed by atoms with Crippen LogP contribution in [0.3, 0.4) is 0 Å². The Hall–Kier alpha value is -3.57. The fraction of sp³-hybridized carbons (Fsp3) is 0.238. The summed E-state index contributed by atoms with van der Waals surface area (Å²) < 4.78 is 31.7. The van der Waals surface area contributed by atoms with Crippen molar-refractivity contribution in [2.75, 3.05) is 7.05 Å². The Morgan fingerprint density at radius 3 is 2.31 bits per heavy atom. The van der Waals surface area contributed by atoms with Crippen molar-refractivity contribution < 1.29 is 23.1 Å². The van der Waals surface area contributed by atoms with E-state index in [0.29, 0.717) is 11.5 Å². The van der Waals surface area contributed by atoms with Gasteiger partial charge in [-0.1, -0.05) is 30.3 Å². The average molecular weight is 449 g/mol. The summed E-state index contributed by atoms with van der Waals surface area (Å²) in [4.78, 5) is 34.2. The van der Waals surface area contributed by atoms with Crippen molar-refractivity contribution in [2.45, 2.75) is 25.8 Å². The van der Waals surface area contributed by atoms with Crippen LogP contribution in [0.15, 0.2) is 59.5 Å². The Morgan fingerprint density at radius 1 is 1.12 bits per heavy atom. The van der Waals surface area contributed by atoms with Gasteiger partial charge in [0.1, 0.15) is 5.82 Å². The minimum absolute atomic E-state index is 0.190. The van der Waals surface area contributed by atoms with Crippen LogP contribution < -0.4 is 11.3 Å². The number of nitrogens with one attached hydrogen (secondary N) is 1. The molecule has 0 amide bonds. The van der Waals surface area contributed by atoms with E-state index in [0.717, 1.165) is 24.3 Å². The van der Waals surface area contributed by atoms with Gasteiger partial charge in [0.2, 0.25) is 0 Å². The molecule has 2 heterocycles. The first-order valence-electron chi connectivity index (χ1n) is 9.36. The number of aliphatic carboxylic acids is 1. The molecule has 170 valence electrons. The molecular formula is C21H22F3N5O3. The molecule has 2 aromatic heterocycles. The number of alkyl halides is 3. The van der Waals surface area contributed by atoms with Gasteiger partial charge in [-0.05, 0) is 24.7 Å². The molecule has 32 heavy (non-hydrogen) atoms. The maximum absolute atomic E-state index is 11.7. The number of carboxylic acids is 1. The molecule has 0 aliphatic carbocycles. The van der Waals surface area contributed by atoms with Crippen LogP contribution in [0, 0.1) is 0 Å². The van der Waals surface area contributed by atoms with Gasteiger partial charge in [0, 0.05) is 37.5 Å². The number of carbonyl (C=O) groups is 1. The lowest BCUT2D eigenvalue weighted by Crippen LogP contribution is -2.21. The van der Waals surface area contributed by atoms with Crippen LogP contribution in [0.2, 0.25) is 0 Å². The van der Waals surface area contributed by atoms with Crippen molar-refractivity contribution in [3.8, 4) is 11.4 Å². The van der Waals surface area contributed by atoms with E-state index in [9.17, 15) is 18.0 Å². The van der Waals surface area contributed by atoms with Gasteiger partial charge in [-0.3, -0.25) is 14.7 Å². The number of hydrogen-bond donors (Lipinski definition) is 3. The zero-order chi connectivity index (χ0) is 23.7. The zero-order valence-corrected chi connectivity index (χ0v) is 17.1. The van der Waals surface area contributed by atoms with E-state index in [4.69, 9.17) is 15.6 Å². The highest BCUT2D eigenvalue weighted by molar-refractivity contribution is 5.73. The molecule has 0 saturated carbocycles. The maximum Gasteiger partial charge on any atom is 0.490 e. The topological polar surface area (TPSA) is 125 Å². The van der Waals surface area contributed by atoms with Crippen LogP contribution in [-0.4, -0.2) is 44.2 Å². The second kappa shape index (κ2) is 11.2. The fourth-order valence-corrected chi connectivity index (χ4v) is 2.65. The quantitative estimate of drug-likeness (QED) is 0.528. The molecule has 1 aromatic carbocycles. The van der Waals surface area contributed by atoms with Crippen molar-refractivity contribution in [2.24, 2.45) is 5.73 Å². The maximum atomic E-state index is 11.7. The molecule has 0 radical (unpaired) electrons. The van der Waals surface area contributed by atoms with E-state index in [1.807, 2.05) is 42.5 Å². The Bertz CT molecular complexity index is 1070. The van der Waals surface area contributed by atoms with Crippen LogP contribution in [0.5, 0.6) is 0 Å². The minimum Gasteiger partial charge on any atom is -0.475 e. The number of nitrogens with zero attached hydrogens (tertiary/aromatic N) is 3. The second-order valence-corrected chi connectivity index (χ2v) is 6.78. The molecule has 0 fully saturated rings. The Morgan fingerprint density at radius 2 is 1.78 bits per heavy atom. The first kappa shape index (κ1) is 24.7. The smallest absolute Gasteiger partial charge is 0.475 e. The summed E-state index contributed by atoms with van der Waals surface area (Å²) in [7, 11) is 2.06. The SMILES string of the molecule is CN(Cc1ccc(-c2nc(CN)cc(=O)[nH]2)cc1)Cc1ccccn1.O=C(O)C(F)(F)F. The first-order valence-corrected chi connectivity index (χ1v) is 9.36. The van der Waals surface area contributed by atoms with Gasteiger partial charge in [0.05, 0.1) is 11.4 Å². The van der Waals surface area contributed by atoms with Crippen LogP contribution in [0.25, 0.3) is 11.4 Å². The number of aromatic nitrogens is 3. The van der Waals surface area contributed by atoms with Gasteiger partial charge in [0.15, 0.2) is 0 Å². The van der Waals surface area contributed by atoms with Crippen molar-refractivity contribution in [1.82, 2.24) is 19.9 Å². The van der Waals surface area contributed by atoms with Gasteiger partial charge in [-0.25, -0.2) is 9.78 Å². The highest BCUT2D eigenvalue weighted by Crippen LogP contribution is 2.16. The van der Waals surface area contributed by atoms with E-state index in [2.05, 4.69) is 26.9 Å². The Labute approximate surface area is 181 Å². The summed E-state index contributed by atoms with van der Waals surface area (Å²) >= 11 is 0. The standard InChI is InChI=1S/C19H21N5O.C2HF3O2/c1-24(13-16-4-2-3-9-21-16)12-14-5-7-15(8-6-14)19-22-17(11-20)10-18(25)23-19;3-2(4,5)1(6)7/h2-10H,11-13,20H2,1H3,(H,22,23,25);(H,6,7). The zero-order valence-electron chi connectivity index (χ0n) is 17.1. The van der Waals surface area contributed by atoms with Crippen molar-refractivity contribution in [3.63, 3.8) is 0 Å². The third-order valence-electron chi connectivity index (χ3n) is 4.08. The molecule has 0 saturated heterocycles. The summed E-state index contributed by atoms with van der Waals surface area (Å²) in [5, 5.41) is 7.12. The van der Waals surface area contributed by atoms with Gasteiger partial charge in [0.25, 0.3) is 5.56 Å². The monoisotopic (exact) mass is 449 g/mol. The number of H-pyrrole nitrogens is 1. The van der Waals surface area contributed by atoms with E-state index in [-0.39, 0.29) is 12.1 Å². The van der Waals surface area contributed by atoms with E-state index >= 15 is 0 Å². The summed E-state index contributed by atoms with van der Waals surface area (Å²) in [6, 6.07) is 15.4. The highest BCUT2D eigenvalue weighted by Gasteiger charge is 2.38. The van der Waals surface area contributed by atoms with Crippen molar-refractivity contribution in [1.29, 1.82) is 0 Å². The summed E-state index contributed by atoms with van der Waals surface area (Å²) in [6.07, 6.45) is -3.28. The van der Waals surface area contributed by atoms with Gasteiger partial charge >= 0.3 is 12.1 Å². The molecule has 0 aliphatic rings. The largest absolute Gasteiger partial charge is 0.490 e. The molecule has 4 N–H and O–H groups in total. The molecule has 11 heteroatoms. The fourth-order valence-electron chi connectivity index (χ4n) is 2.65. The van der Waals surface area contributed by atoms with Crippen molar-refractivity contribution >= 4 is 5.97 Å². The molecule has 0 unspecified atom stereocenters. The predicted molar refractivity (Wildman–Crippen MR) is 111 cm³/mol. The Balaban J connectivity index is 0.000000451. The molecule has 0 spiro atoms. The number of pyridine rings is 1. The lowest BCUT2D eigenvalue weighted by Gasteiger charge is -2.16. The summed E-state index contributed by atoms with van der Waals surface area (Å²) in [5.74, 6) is -2.21. The van der Waals surface area contributed by atoms with Crippen molar-refractivity contribution in [3.05, 3.63) is 82.0 Å². The lowest BCUT2D eigenvalue weighted by molar-refractivity contribution is -0.192. The highest BCUT2D eigenvalue weighted by atomic mass is 19.4. The van der Waals surface area contributed by atoms with Crippen LogP contribution in [0.4, 0.5) is 13.2 Å². The minimum atomic E-state index is -5.08. The molecule has 3 rings (SSSR count). The third kappa shape index (κ3) is 7.93. The first-order chi connectivity index (χ1) is 15.1. The average Bonchev–Trinajstić information content (AvgIpc) is 2.74. The van der Waals surface area contributed by atoms with Gasteiger partial charge < -0.3 is 15.8 Å². The third-order valence-corrected chi connectivity index (χ3v) is 4.08. The lowest BCUT2D eigenvalue weighted by atomic mass is 10.1. The van der Waals surface area contributed by atoms with E-state index in [1.165, 1.54) is 11.6 Å². The summed E-state index contributed by atoms with van der Waals surface area (Å²) in [6.45, 7) is 1.84. The predicted octanol–water partition coefficient (Wildman–Crippen LogP) is 2.56. The molecule has 0 bridgehead atoms. The molecule has 3 aromatic rings. The van der Waals surface area contributed by atoms with E-state index in [1.54, 1.807) is 6.20 Å². The number of aromatic amines is 1. The molecule has 0 aliphatic heterocycles. The number of halogens is 3. The molecular weight excluding hydrogens is 427 g/mol. The summed E-state index contributed by atoms with van der Waals surface area (Å²) in [5.41, 5.74) is 9.06. The number of hydrogen-bond acceptors (Lipinski definition) is 6. The molecule has 8 nitrogen and oxygen atoms in total. The Kier molecular flexibility index (Phi) is 8.62.